The van der Waals surface area contributed by atoms with E-state index < -0.39 is 12.6 Å². The highest BCUT2D eigenvalue weighted by atomic mass is 32.1. The minimum Gasteiger partial charge on any atom is -0.478 e. The molecule has 8 heteroatoms. The molecule has 0 aliphatic carbocycles. The second-order valence-corrected chi connectivity index (χ2v) is 5.14. The molecule has 21 heavy (non-hydrogen) atoms. The van der Waals surface area contributed by atoms with Gasteiger partial charge in [-0.3, -0.25) is 0 Å². The van der Waals surface area contributed by atoms with Crippen molar-refractivity contribution < 1.29 is 19.0 Å². The van der Waals surface area contributed by atoms with Crippen molar-refractivity contribution in [3.05, 3.63) is 36.2 Å². The monoisotopic (exact) mass is 307 g/mol. The predicted octanol–water partition coefficient (Wildman–Crippen LogP) is 2.50. The van der Waals surface area contributed by atoms with Gasteiger partial charge in [0.15, 0.2) is 0 Å². The van der Waals surface area contributed by atoms with Crippen LogP contribution in [0.15, 0.2) is 30.6 Å². The van der Waals surface area contributed by atoms with Gasteiger partial charge in [-0.05, 0) is 6.07 Å². The van der Waals surface area contributed by atoms with E-state index in [0.29, 0.717) is 16.4 Å². The number of hydrogen-bond donors (Lipinski definition) is 1. The van der Waals surface area contributed by atoms with Gasteiger partial charge in [0.1, 0.15) is 23.7 Å². The summed E-state index contributed by atoms with van der Waals surface area (Å²) in [4.78, 5) is 16.6. The molecule has 108 valence electrons. The van der Waals surface area contributed by atoms with Crippen molar-refractivity contribution in [3.8, 4) is 16.5 Å². The fourth-order valence-corrected chi connectivity index (χ4v) is 2.85. The SMILES string of the molecule is O=C(O)c1cnn2cc(-c3cccc(OCCF)n3)sc12. The average molecular weight is 307 g/mol. The van der Waals surface area contributed by atoms with Crippen LogP contribution in [0.3, 0.4) is 0 Å². The van der Waals surface area contributed by atoms with E-state index >= 15 is 0 Å². The average Bonchev–Trinajstić information content (AvgIpc) is 3.05. The van der Waals surface area contributed by atoms with Gasteiger partial charge in [0.2, 0.25) is 5.88 Å². The second-order valence-electron chi connectivity index (χ2n) is 4.11. The number of nitrogens with zero attached hydrogens (tertiary/aromatic N) is 3. The molecule has 0 fully saturated rings. The topological polar surface area (TPSA) is 76.7 Å². The zero-order valence-corrected chi connectivity index (χ0v) is 11.5. The quantitative estimate of drug-likeness (QED) is 0.783. The normalized spacial score (nSPS) is 10.9. The number of hydrogen-bond acceptors (Lipinski definition) is 5. The maximum absolute atomic E-state index is 12.1. The second kappa shape index (κ2) is 5.49. The number of thiazole rings is 1. The highest BCUT2D eigenvalue weighted by Gasteiger charge is 2.15. The zero-order valence-electron chi connectivity index (χ0n) is 10.7. The Balaban J connectivity index is 1.98. The van der Waals surface area contributed by atoms with Gasteiger partial charge in [0, 0.05) is 12.3 Å². The molecule has 0 aliphatic rings. The summed E-state index contributed by atoms with van der Waals surface area (Å²) in [6.07, 6.45) is 3.01. The minimum absolute atomic E-state index is 0.0482. The molecule has 0 aromatic carbocycles. The molecule has 3 aromatic rings. The molecule has 0 saturated heterocycles. The molecule has 0 unspecified atom stereocenters. The van der Waals surface area contributed by atoms with Crippen molar-refractivity contribution in [1.82, 2.24) is 14.6 Å². The van der Waals surface area contributed by atoms with Crippen LogP contribution >= 0.6 is 11.3 Å². The smallest absolute Gasteiger partial charge is 0.340 e. The molecule has 0 bridgehead atoms. The van der Waals surface area contributed by atoms with E-state index in [4.69, 9.17) is 9.84 Å². The maximum atomic E-state index is 12.1. The highest BCUT2D eigenvalue weighted by molar-refractivity contribution is 7.21. The lowest BCUT2D eigenvalue weighted by molar-refractivity contribution is 0.0699. The van der Waals surface area contributed by atoms with Gasteiger partial charge >= 0.3 is 5.97 Å². The van der Waals surface area contributed by atoms with Crippen molar-refractivity contribution >= 4 is 22.1 Å². The molecular weight excluding hydrogens is 297 g/mol. The zero-order chi connectivity index (χ0) is 14.8. The lowest BCUT2D eigenvalue weighted by atomic mass is 10.3. The van der Waals surface area contributed by atoms with Gasteiger partial charge in [0.25, 0.3) is 0 Å². The summed E-state index contributed by atoms with van der Waals surface area (Å²) < 4.78 is 18.7. The number of rotatable bonds is 5. The number of pyridine rings is 1. The summed E-state index contributed by atoms with van der Waals surface area (Å²) in [6.45, 7) is -0.631. The molecule has 0 radical (unpaired) electrons. The first kappa shape index (κ1) is 13.5. The van der Waals surface area contributed by atoms with E-state index in [9.17, 15) is 9.18 Å². The van der Waals surface area contributed by atoms with E-state index in [-0.39, 0.29) is 12.2 Å². The molecule has 3 aromatic heterocycles. The fraction of sp³-hybridized carbons (Fsp3) is 0.154. The van der Waals surface area contributed by atoms with Crippen LogP contribution in [0.2, 0.25) is 0 Å². The van der Waals surface area contributed by atoms with Crippen molar-refractivity contribution in [3.63, 3.8) is 0 Å². The number of carboxylic acid groups (broad SMARTS) is 1. The molecule has 0 saturated carbocycles. The number of halogens is 1. The van der Waals surface area contributed by atoms with Crippen LogP contribution in [-0.4, -0.2) is 39.0 Å². The molecule has 3 rings (SSSR count). The molecule has 0 amide bonds. The summed E-state index contributed by atoms with van der Waals surface area (Å²) in [6, 6.07) is 5.16. The van der Waals surface area contributed by atoms with Crippen LogP contribution < -0.4 is 4.74 Å². The Kier molecular flexibility index (Phi) is 3.53. The largest absolute Gasteiger partial charge is 0.478 e. The van der Waals surface area contributed by atoms with Crippen LogP contribution in [0.1, 0.15) is 10.4 Å². The van der Waals surface area contributed by atoms with Crippen molar-refractivity contribution in [2.45, 2.75) is 0 Å². The Morgan fingerprint density at radius 1 is 1.48 bits per heavy atom. The Labute approximate surface area is 122 Å². The number of carboxylic acids is 1. The standard InChI is InChI=1S/C13H10FN3O3S/c14-4-5-20-11-3-1-2-9(16-11)10-7-17-12(21-10)8(6-15-17)13(18)19/h1-3,6-7H,4-5H2,(H,18,19). The van der Waals surface area contributed by atoms with E-state index in [2.05, 4.69) is 10.1 Å². The van der Waals surface area contributed by atoms with E-state index in [1.165, 1.54) is 22.0 Å². The van der Waals surface area contributed by atoms with Crippen LogP contribution in [-0.2, 0) is 0 Å². The lowest BCUT2D eigenvalue weighted by Crippen LogP contribution is -2.00. The van der Waals surface area contributed by atoms with Crippen LogP contribution in [0.25, 0.3) is 15.4 Å². The summed E-state index contributed by atoms with van der Waals surface area (Å²) >= 11 is 1.27. The fourth-order valence-electron chi connectivity index (χ4n) is 1.83. The third-order valence-corrected chi connectivity index (χ3v) is 3.86. The van der Waals surface area contributed by atoms with Gasteiger partial charge < -0.3 is 9.84 Å². The van der Waals surface area contributed by atoms with Crippen LogP contribution in [0.5, 0.6) is 5.88 Å². The molecular formula is C13H10FN3O3S. The minimum atomic E-state index is -1.02. The Bertz CT molecular complexity index is 799. The van der Waals surface area contributed by atoms with Gasteiger partial charge in [0.05, 0.1) is 16.8 Å². The number of fused-ring (bicyclic) bond motifs is 1. The van der Waals surface area contributed by atoms with E-state index in [0.717, 1.165) is 4.88 Å². The molecule has 0 aliphatic heterocycles. The molecule has 1 N–H and O–H groups in total. The third-order valence-electron chi connectivity index (χ3n) is 2.73. The summed E-state index contributed by atoms with van der Waals surface area (Å²) in [7, 11) is 0. The number of aromatic carboxylic acids is 1. The first-order valence-electron chi connectivity index (χ1n) is 6.05. The number of aromatic nitrogens is 3. The molecule has 0 spiro atoms. The van der Waals surface area contributed by atoms with Crippen LogP contribution in [0.4, 0.5) is 4.39 Å². The predicted molar refractivity (Wildman–Crippen MR) is 74.7 cm³/mol. The van der Waals surface area contributed by atoms with Crippen molar-refractivity contribution in [2.24, 2.45) is 0 Å². The van der Waals surface area contributed by atoms with Gasteiger partial charge in [-0.15, -0.1) is 11.3 Å². The molecule has 0 atom stereocenters. The van der Waals surface area contributed by atoms with E-state index in [1.807, 2.05) is 0 Å². The first-order valence-corrected chi connectivity index (χ1v) is 6.87. The number of alkyl halides is 1. The summed E-state index contributed by atoms with van der Waals surface area (Å²) in [5.74, 6) is -0.693. The van der Waals surface area contributed by atoms with Gasteiger partial charge in [-0.25, -0.2) is 18.7 Å². The van der Waals surface area contributed by atoms with Gasteiger partial charge in [-0.2, -0.15) is 5.10 Å². The van der Waals surface area contributed by atoms with Gasteiger partial charge in [-0.1, -0.05) is 6.07 Å². The van der Waals surface area contributed by atoms with Crippen LogP contribution in [0, 0.1) is 0 Å². The molecule has 3 heterocycles. The van der Waals surface area contributed by atoms with E-state index in [1.54, 1.807) is 24.4 Å². The lowest BCUT2D eigenvalue weighted by Gasteiger charge is -2.03. The third kappa shape index (κ3) is 2.57. The Morgan fingerprint density at radius 2 is 2.33 bits per heavy atom. The summed E-state index contributed by atoms with van der Waals surface area (Å²) in [5.41, 5.74) is 0.772. The Morgan fingerprint density at radius 3 is 3.10 bits per heavy atom. The maximum Gasteiger partial charge on any atom is 0.340 e. The summed E-state index contributed by atoms with van der Waals surface area (Å²) in [5, 5.41) is 13.1. The number of carbonyl (C=O) groups is 1. The molecule has 6 nitrogen and oxygen atoms in total. The van der Waals surface area contributed by atoms with Crippen molar-refractivity contribution in [2.75, 3.05) is 13.3 Å². The van der Waals surface area contributed by atoms with Crippen molar-refractivity contribution in [1.29, 1.82) is 0 Å². The Hall–Kier alpha value is -2.48. The first-order chi connectivity index (χ1) is 10.2. The number of ether oxygens (including phenoxy) is 1. The highest BCUT2D eigenvalue weighted by Crippen LogP contribution is 2.30.